The molecule has 0 saturated carbocycles. The Hall–Kier alpha value is -1.09. The van der Waals surface area contributed by atoms with Crippen LogP contribution >= 0.6 is 11.6 Å². The van der Waals surface area contributed by atoms with E-state index >= 15 is 0 Å². The predicted octanol–water partition coefficient (Wildman–Crippen LogP) is 4.73. The molecule has 0 aliphatic heterocycles. The number of rotatable bonds is 7. The molecule has 0 aromatic rings. The maximum atomic E-state index is 13.6. The van der Waals surface area contributed by atoms with Crippen LogP contribution in [0.4, 0.5) is 4.39 Å². The fraction of sp³-hybridized carbons (Fsp3) is 0.462. The van der Waals surface area contributed by atoms with Crippen LogP contribution in [0.2, 0.25) is 0 Å². The van der Waals surface area contributed by atoms with Gasteiger partial charge in [-0.05, 0) is 32.4 Å². The number of aliphatic imine (C=N–C) groups is 1. The summed E-state index contributed by atoms with van der Waals surface area (Å²) in [5.41, 5.74) is 0.0479. The molecule has 0 saturated heterocycles. The molecular formula is C13H19ClFNO. The molecule has 0 aliphatic rings. The van der Waals surface area contributed by atoms with Crippen LogP contribution in [0.5, 0.6) is 0 Å². The zero-order chi connectivity index (χ0) is 13.3. The van der Waals surface area contributed by atoms with E-state index in [2.05, 4.69) is 11.6 Å². The summed E-state index contributed by atoms with van der Waals surface area (Å²) in [4.78, 5) is 3.98. The van der Waals surface area contributed by atoms with Gasteiger partial charge in [0, 0.05) is 0 Å². The zero-order valence-electron chi connectivity index (χ0n) is 10.6. The molecule has 2 nitrogen and oxygen atoms in total. The van der Waals surface area contributed by atoms with Crippen LogP contribution in [0.15, 0.2) is 40.5 Å². The summed E-state index contributed by atoms with van der Waals surface area (Å²) in [5.74, 6) is -0.308. The van der Waals surface area contributed by atoms with E-state index in [0.717, 1.165) is 12.8 Å². The summed E-state index contributed by atoms with van der Waals surface area (Å²) in [5, 5.41) is 0.250. The van der Waals surface area contributed by atoms with E-state index in [0.29, 0.717) is 6.61 Å². The first-order valence-corrected chi connectivity index (χ1v) is 6.03. The largest absolute Gasteiger partial charge is 0.492 e. The van der Waals surface area contributed by atoms with Crippen LogP contribution in [0.3, 0.4) is 0 Å². The number of allylic oxidation sites excluding steroid dienone is 3. The van der Waals surface area contributed by atoms with Crippen molar-refractivity contribution in [2.45, 2.75) is 33.6 Å². The normalized spacial score (nSPS) is 13.8. The lowest BCUT2D eigenvalue weighted by Gasteiger charge is -2.08. The third-order valence-electron chi connectivity index (χ3n) is 1.88. The van der Waals surface area contributed by atoms with Crippen LogP contribution in [0, 0.1) is 0 Å². The van der Waals surface area contributed by atoms with Crippen LogP contribution in [0.25, 0.3) is 0 Å². The van der Waals surface area contributed by atoms with E-state index in [-0.39, 0.29) is 16.6 Å². The van der Waals surface area contributed by atoms with Crippen molar-refractivity contribution >= 4 is 17.3 Å². The molecule has 0 rings (SSSR count). The lowest BCUT2D eigenvalue weighted by Crippen LogP contribution is -2.06. The average molecular weight is 260 g/mol. The minimum absolute atomic E-state index is 0.0479. The molecule has 0 fully saturated rings. The number of hydrogen-bond donors (Lipinski definition) is 0. The standard InChI is InChI=1S/C13H19ClFNO/c1-5-8-9-12(14)16-13(11(15)6-2)10(4)17-7-3/h6,9H,4-5,7-8H2,1-3H3/b11-6+,12-9+,16-13-. The molecule has 0 spiro atoms. The van der Waals surface area contributed by atoms with Gasteiger partial charge >= 0.3 is 0 Å². The molecule has 0 bridgehead atoms. The monoisotopic (exact) mass is 259 g/mol. The number of hydrogen-bond acceptors (Lipinski definition) is 2. The molecule has 0 atom stereocenters. The van der Waals surface area contributed by atoms with Gasteiger partial charge in [0.1, 0.15) is 22.5 Å². The van der Waals surface area contributed by atoms with E-state index in [1.807, 2.05) is 6.92 Å². The second kappa shape index (κ2) is 8.99. The topological polar surface area (TPSA) is 21.6 Å². The highest BCUT2D eigenvalue weighted by atomic mass is 35.5. The average Bonchev–Trinajstić information content (AvgIpc) is 2.32. The molecule has 96 valence electrons. The van der Waals surface area contributed by atoms with Crippen molar-refractivity contribution in [3.05, 3.63) is 35.5 Å². The van der Waals surface area contributed by atoms with Gasteiger partial charge in [-0.1, -0.05) is 31.5 Å². The maximum Gasteiger partial charge on any atom is 0.148 e. The summed E-state index contributed by atoms with van der Waals surface area (Å²) < 4.78 is 18.7. The first-order valence-electron chi connectivity index (χ1n) is 5.65. The minimum atomic E-state index is -0.494. The first-order chi connectivity index (χ1) is 8.06. The Labute approximate surface area is 108 Å². The van der Waals surface area contributed by atoms with E-state index < -0.39 is 5.83 Å². The minimum Gasteiger partial charge on any atom is -0.492 e. The number of unbranched alkanes of at least 4 members (excludes halogenated alkanes) is 1. The fourth-order valence-corrected chi connectivity index (χ4v) is 1.24. The van der Waals surface area contributed by atoms with Crippen LogP contribution in [-0.2, 0) is 4.74 Å². The summed E-state index contributed by atoms with van der Waals surface area (Å²) in [7, 11) is 0. The van der Waals surface area contributed by atoms with Crippen molar-refractivity contribution in [1.82, 2.24) is 0 Å². The quantitative estimate of drug-likeness (QED) is 0.368. The Bertz CT molecular complexity index is 345. The van der Waals surface area contributed by atoms with Gasteiger partial charge in [0.15, 0.2) is 0 Å². The lowest BCUT2D eigenvalue weighted by molar-refractivity contribution is 0.250. The summed E-state index contributed by atoms with van der Waals surface area (Å²) in [6.07, 6.45) is 4.80. The van der Waals surface area contributed by atoms with E-state index in [9.17, 15) is 4.39 Å². The highest BCUT2D eigenvalue weighted by Crippen LogP contribution is 2.15. The molecule has 17 heavy (non-hydrogen) atoms. The molecule has 4 heteroatoms. The van der Waals surface area contributed by atoms with Crippen LogP contribution < -0.4 is 0 Å². The van der Waals surface area contributed by atoms with Gasteiger partial charge in [0.2, 0.25) is 0 Å². The highest BCUT2D eigenvalue weighted by Gasteiger charge is 2.11. The third kappa shape index (κ3) is 6.27. The Morgan fingerprint density at radius 1 is 1.47 bits per heavy atom. The van der Waals surface area contributed by atoms with Gasteiger partial charge in [-0.25, -0.2) is 9.38 Å². The van der Waals surface area contributed by atoms with Crippen molar-refractivity contribution < 1.29 is 9.13 Å². The van der Waals surface area contributed by atoms with Crippen molar-refractivity contribution in [3.8, 4) is 0 Å². The van der Waals surface area contributed by atoms with Gasteiger partial charge in [-0.3, -0.25) is 0 Å². The Morgan fingerprint density at radius 3 is 2.59 bits per heavy atom. The van der Waals surface area contributed by atoms with Gasteiger partial charge in [-0.2, -0.15) is 0 Å². The van der Waals surface area contributed by atoms with Crippen molar-refractivity contribution in [2.75, 3.05) is 6.61 Å². The molecule has 0 N–H and O–H groups in total. The molecule has 0 aliphatic carbocycles. The molecule has 0 aromatic carbocycles. The molecule has 0 aromatic heterocycles. The second-order valence-electron chi connectivity index (χ2n) is 3.27. The molecule has 0 radical (unpaired) electrons. The van der Waals surface area contributed by atoms with Crippen LogP contribution in [-0.4, -0.2) is 12.3 Å². The third-order valence-corrected chi connectivity index (χ3v) is 2.12. The van der Waals surface area contributed by atoms with Crippen molar-refractivity contribution in [3.63, 3.8) is 0 Å². The van der Waals surface area contributed by atoms with Gasteiger partial charge in [0.25, 0.3) is 0 Å². The SMILES string of the molecule is C=C(OCC)C(=N/C(Cl)=C/CCC)/C(F)=C\C. The second-order valence-corrected chi connectivity index (χ2v) is 3.66. The fourth-order valence-electron chi connectivity index (χ4n) is 1.04. The number of ether oxygens (including phenoxy) is 1. The smallest absolute Gasteiger partial charge is 0.148 e. The molecule has 0 amide bonds. The Kier molecular flexibility index (Phi) is 8.42. The first kappa shape index (κ1) is 15.9. The van der Waals surface area contributed by atoms with Crippen molar-refractivity contribution in [1.29, 1.82) is 0 Å². The summed E-state index contributed by atoms with van der Waals surface area (Å²) in [6, 6.07) is 0. The Balaban J connectivity index is 5.05. The van der Waals surface area contributed by atoms with Crippen LogP contribution in [0.1, 0.15) is 33.6 Å². The molecule has 0 unspecified atom stereocenters. The van der Waals surface area contributed by atoms with Gasteiger partial charge < -0.3 is 4.74 Å². The van der Waals surface area contributed by atoms with E-state index in [4.69, 9.17) is 16.3 Å². The predicted molar refractivity (Wildman–Crippen MR) is 71.9 cm³/mol. The maximum absolute atomic E-state index is 13.6. The number of nitrogens with zero attached hydrogens (tertiary/aromatic N) is 1. The number of halogens is 2. The van der Waals surface area contributed by atoms with Crippen molar-refractivity contribution in [2.24, 2.45) is 4.99 Å². The zero-order valence-corrected chi connectivity index (χ0v) is 11.4. The highest BCUT2D eigenvalue weighted by molar-refractivity contribution is 6.30. The van der Waals surface area contributed by atoms with E-state index in [1.54, 1.807) is 19.9 Å². The summed E-state index contributed by atoms with van der Waals surface area (Å²) >= 11 is 5.88. The molecule has 0 heterocycles. The van der Waals surface area contributed by atoms with E-state index in [1.165, 1.54) is 6.08 Å². The lowest BCUT2D eigenvalue weighted by atomic mass is 10.2. The Morgan fingerprint density at radius 2 is 2.12 bits per heavy atom. The molecular weight excluding hydrogens is 241 g/mol. The van der Waals surface area contributed by atoms with Gasteiger partial charge in [0.05, 0.1) is 6.61 Å². The summed E-state index contributed by atoms with van der Waals surface area (Å²) in [6.45, 7) is 9.43. The van der Waals surface area contributed by atoms with Gasteiger partial charge in [-0.15, -0.1) is 0 Å².